The van der Waals surface area contributed by atoms with Crippen LogP contribution < -0.4 is 5.32 Å². The summed E-state index contributed by atoms with van der Waals surface area (Å²) >= 11 is 0. The minimum Gasteiger partial charge on any atom is -0.350 e. The van der Waals surface area contributed by atoms with E-state index in [1.807, 2.05) is 50.2 Å². The zero-order chi connectivity index (χ0) is 15.4. The molecule has 0 aliphatic carbocycles. The largest absolute Gasteiger partial charge is 0.350 e. The second-order valence-electron chi connectivity index (χ2n) is 5.28. The molecule has 3 nitrogen and oxygen atoms in total. The molecule has 0 atom stereocenters. The van der Waals surface area contributed by atoms with E-state index in [0.29, 0.717) is 11.1 Å². The SMILES string of the molecule is CC(=O)c1ccccc1-c1ccccc1C(=O)NC(C)C. The molecule has 0 aliphatic rings. The predicted octanol–water partition coefficient (Wildman–Crippen LogP) is 3.69. The maximum Gasteiger partial charge on any atom is 0.252 e. The summed E-state index contributed by atoms with van der Waals surface area (Å²) in [6.45, 7) is 5.38. The third-order valence-corrected chi connectivity index (χ3v) is 3.19. The van der Waals surface area contributed by atoms with Gasteiger partial charge < -0.3 is 5.32 Å². The Hall–Kier alpha value is -2.42. The number of amides is 1. The average molecular weight is 281 g/mol. The molecule has 0 heterocycles. The Labute approximate surface area is 125 Å². The van der Waals surface area contributed by atoms with Crippen LogP contribution in [0.15, 0.2) is 48.5 Å². The Morgan fingerprint density at radius 2 is 1.33 bits per heavy atom. The van der Waals surface area contributed by atoms with Gasteiger partial charge in [0.15, 0.2) is 5.78 Å². The molecule has 0 saturated carbocycles. The van der Waals surface area contributed by atoms with Gasteiger partial charge in [0, 0.05) is 17.2 Å². The van der Waals surface area contributed by atoms with E-state index in [0.717, 1.165) is 11.1 Å². The fraction of sp³-hybridized carbons (Fsp3) is 0.222. The summed E-state index contributed by atoms with van der Waals surface area (Å²) in [4.78, 5) is 24.1. The highest BCUT2D eigenvalue weighted by Gasteiger charge is 2.16. The van der Waals surface area contributed by atoms with Crippen LogP contribution >= 0.6 is 0 Å². The fourth-order valence-corrected chi connectivity index (χ4v) is 2.28. The van der Waals surface area contributed by atoms with E-state index >= 15 is 0 Å². The molecule has 2 rings (SSSR count). The molecule has 2 aromatic rings. The molecule has 0 bridgehead atoms. The van der Waals surface area contributed by atoms with Gasteiger partial charge in [0.05, 0.1) is 0 Å². The lowest BCUT2D eigenvalue weighted by Gasteiger charge is -2.14. The van der Waals surface area contributed by atoms with Gasteiger partial charge in [-0.2, -0.15) is 0 Å². The highest BCUT2D eigenvalue weighted by atomic mass is 16.1. The minimum absolute atomic E-state index is 0.00956. The summed E-state index contributed by atoms with van der Waals surface area (Å²) in [5.41, 5.74) is 2.78. The van der Waals surface area contributed by atoms with Gasteiger partial charge >= 0.3 is 0 Å². The number of hydrogen-bond donors (Lipinski definition) is 1. The van der Waals surface area contributed by atoms with Crippen molar-refractivity contribution in [2.45, 2.75) is 26.8 Å². The number of carbonyl (C=O) groups is 2. The van der Waals surface area contributed by atoms with Gasteiger partial charge in [-0.1, -0.05) is 42.5 Å². The molecule has 3 heteroatoms. The van der Waals surface area contributed by atoms with Crippen LogP contribution in [0.5, 0.6) is 0 Å². The lowest BCUT2D eigenvalue weighted by atomic mass is 9.93. The maximum atomic E-state index is 12.3. The zero-order valence-corrected chi connectivity index (χ0v) is 12.5. The third kappa shape index (κ3) is 3.37. The smallest absolute Gasteiger partial charge is 0.252 e. The van der Waals surface area contributed by atoms with Gasteiger partial charge in [-0.25, -0.2) is 0 Å². The van der Waals surface area contributed by atoms with Crippen molar-refractivity contribution in [3.05, 3.63) is 59.7 Å². The van der Waals surface area contributed by atoms with E-state index in [4.69, 9.17) is 0 Å². The lowest BCUT2D eigenvalue weighted by molar-refractivity contribution is 0.0942. The molecule has 108 valence electrons. The van der Waals surface area contributed by atoms with Gasteiger partial charge in [0.1, 0.15) is 0 Å². The van der Waals surface area contributed by atoms with Gasteiger partial charge in [0.2, 0.25) is 0 Å². The zero-order valence-electron chi connectivity index (χ0n) is 12.5. The van der Waals surface area contributed by atoms with Crippen molar-refractivity contribution in [2.24, 2.45) is 0 Å². The molecule has 1 amide bonds. The second kappa shape index (κ2) is 6.35. The van der Waals surface area contributed by atoms with Crippen molar-refractivity contribution in [3.63, 3.8) is 0 Å². The van der Waals surface area contributed by atoms with Crippen LogP contribution in [-0.4, -0.2) is 17.7 Å². The molecule has 0 unspecified atom stereocenters. The molecule has 1 N–H and O–H groups in total. The molecule has 0 aromatic heterocycles. The van der Waals surface area contributed by atoms with Gasteiger partial charge in [-0.3, -0.25) is 9.59 Å². The number of rotatable bonds is 4. The molecule has 0 fully saturated rings. The molecule has 0 saturated heterocycles. The summed E-state index contributed by atoms with van der Waals surface area (Å²) < 4.78 is 0. The maximum absolute atomic E-state index is 12.3. The van der Waals surface area contributed by atoms with Crippen LogP contribution in [0.2, 0.25) is 0 Å². The Morgan fingerprint density at radius 1 is 0.857 bits per heavy atom. The standard InChI is InChI=1S/C18H19NO2/c1-12(2)19-18(21)17-11-7-6-10-16(17)15-9-5-4-8-14(15)13(3)20/h4-12H,1-3H3,(H,19,21). The molecular formula is C18H19NO2. The van der Waals surface area contributed by atoms with Crippen LogP contribution in [0.4, 0.5) is 0 Å². The molecule has 0 radical (unpaired) electrons. The monoisotopic (exact) mass is 281 g/mol. The Morgan fingerprint density at radius 3 is 1.86 bits per heavy atom. The molecule has 0 aliphatic heterocycles. The quantitative estimate of drug-likeness (QED) is 0.869. The first kappa shape index (κ1) is 15.0. The summed E-state index contributed by atoms with van der Waals surface area (Å²) in [5, 5.41) is 2.89. The molecule has 21 heavy (non-hydrogen) atoms. The van der Waals surface area contributed by atoms with Crippen LogP contribution in [0.3, 0.4) is 0 Å². The molecule has 0 spiro atoms. The number of ketones is 1. The lowest BCUT2D eigenvalue weighted by Crippen LogP contribution is -2.30. The summed E-state index contributed by atoms with van der Waals surface area (Å²) in [6, 6.07) is 14.8. The van der Waals surface area contributed by atoms with Gasteiger partial charge in [0.25, 0.3) is 5.91 Å². The number of benzene rings is 2. The van der Waals surface area contributed by atoms with E-state index < -0.39 is 0 Å². The van der Waals surface area contributed by atoms with Crippen LogP contribution in [-0.2, 0) is 0 Å². The van der Waals surface area contributed by atoms with Gasteiger partial charge in [-0.05, 0) is 38.0 Å². The first-order valence-electron chi connectivity index (χ1n) is 7.01. The highest BCUT2D eigenvalue weighted by molar-refractivity contribution is 6.06. The van der Waals surface area contributed by atoms with Crippen molar-refractivity contribution in [1.82, 2.24) is 5.32 Å². The highest BCUT2D eigenvalue weighted by Crippen LogP contribution is 2.27. The Bertz CT molecular complexity index is 674. The van der Waals surface area contributed by atoms with Crippen LogP contribution in [0.1, 0.15) is 41.5 Å². The minimum atomic E-state index is -0.126. The third-order valence-electron chi connectivity index (χ3n) is 3.19. The van der Waals surface area contributed by atoms with Crippen molar-refractivity contribution < 1.29 is 9.59 Å². The number of Topliss-reactive ketones (excluding diaryl/α,β-unsaturated/α-hetero) is 1. The van der Waals surface area contributed by atoms with Crippen molar-refractivity contribution in [3.8, 4) is 11.1 Å². The van der Waals surface area contributed by atoms with Crippen molar-refractivity contribution >= 4 is 11.7 Å². The summed E-state index contributed by atoms with van der Waals surface area (Å²) in [6.07, 6.45) is 0. The van der Waals surface area contributed by atoms with Crippen molar-refractivity contribution in [1.29, 1.82) is 0 Å². The fourth-order valence-electron chi connectivity index (χ4n) is 2.28. The van der Waals surface area contributed by atoms with E-state index in [9.17, 15) is 9.59 Å². The van der Waals surface area contributed by atoms with Crippen LogP contribution in [0.25, 0.3) is 11.1 Å². The van der Waals surface area contributed by atoms with E-state index in [-0.39, 0.29) is 17.7 Å². The Balaban J connectivity index is 2.56. The molecular weight excluding hydrogens is 262 g/mol. The summed E-state index contributed by atoms with van der Waals surface area (Å²) in [5.74, 6) is -0.136. The van der Waals surface area contributed by atoms with E-state index in [2.05, 4.69) is 5.32 Å². The Kier molecular flexibility index (Phi) is 4.53. The molecule has 2 aromatic carbocycles. The first-order chi connectivity index (χ1) is 10.0. The van der Waals surface area contributed by atoms with Gasteiger partial charge in [-0.15, -0.1) is 0 Å². The number of nitrogens with one attached hydrogen (secondary N) is 1. The second-order valence-corrected chi connectivity index (χ2v) is 5.28. The van der Waals surface area contributed by atoms with E-state index in [1.54, 1.807) is 12.1 Å². The normalized spacial score (nSPS) is 10.5. The average Bonchev–Trinajstić information content (AvgIpc) is 2.46. The van der Waals surface area contributed by atoms with Crippen molar-refractivity contribution in [2.75, 3.05) is 0 Å². The number of hydrogen-bond acceptors (Lipinski definition) is 2. The summed E-state index contributed by atoms with van der Waals surface area (Å²) in [7, 11) is 0. The predicted molar refractivity (Wildman–Crippen MR) is 84.5 cm³/mol. The van der Waals surface area contributed by atoms with Crippen LogP contribution in [0, 0.1) is 0 Å². The number of carbonyl (C=O) groups excluding carboxylic acids is 2. The topological polar surface area (TPSA) is 46.2 Å². The van der Waals surface area contributed by atoms with E-state index in [1.165, 1.54) is 6.92 Å². The first-order valence-corrected chi connectivity index (χ1v) is 7.01.